The Morgan fingerprint density at radius 2 is 2.47 bits per heavy atom. The molecule has 0 aliphatic carbocycles. The van der Waals surface area contributed by atoms with Gasteiger partial charge in [0.25, 0.3) is 0 Å². The summed E-state index contributed by atoms with van der Waals surface area (Å²) in [5.74, 6) is 0.814. The number of hydrogen-bond donors (Lipinski definition) is 0. The van der Waals surface area contributed by atoms with E-state index in [0.717, 1.165) is 18.8 Å². The Labute approximate surface area is 88.6 Å². The van der Waals surface area contributed by atoms with Crippen molar-refractivity contribution in [2.45, 2.75) is 6.42 Å². The van der Waals surface area contributed by atoms with Gasteiger partial charge in [-0.2, -0.15) is 5.10 Å². The number of hydrogen-bond acceptors (Lipinski definition) is 4. The second-order valence-corrected chi connectivity index (χ2v) is 3.80. The van der Waals surface area contributed by atoms with Crippen molar-refractivity contribution in [2.24, 2.45) is 13.0 Å². The van der Waals surface area contributed by atoms with Crippen molar-refractivity contribution in [3.05, 3.63) is 12.3 Å². The summed E-state index contributed by atoms with van der Waals surface area (Å²) in [6, 6.07) is 1.96. The average molecular weight is 209 g/mol. The predicted molar refractivity (Wildman–Crippen MR) is 55.5 cm³/mol. The molecule has 0 amide bonds. The third-order valence-corrected chi connectivity index (χ3v) is 2.75. The van der Waals surface area contributed by atoms with Crippen molar-refractivity contribution < 1.29 is 9.53 Å². The van der Waals surface area contributed by atoms with E-state index in [1.54, 1.807) is 4.68 Å². The SMILES string of the molecule is COC(=O)C1CCN(c2ccn(C)n2)C1. The molecule has 0 bridgehead atoms. The smallest absolute Gasteiger partial charge is 0.310 e. The lowest BCUT2D eigenvalue weighted by molar-refractivity contribution is -0.144. The monoisotopic (exact) mass is 209 g/mol. The van der Waals surface area contributed by atoms with Gasteiger partial charge in [0.15, 0.2) is 5.82 Å². The van der Waals surface area contributed by atoms with E-state index < -0.39 is 0 Å². The second kappa shape index (κ2) is 3.92. The maximum atomic E-state index is 11.3. The molecule has 1 fully saturated rings. The number of rotatable bonds is 2. The van der Waals surface area contributed by atoms with Gasteiger partial charge in [-0.05, 0) is 6.42 Å². The van der Waals surface area contributed by atoms with E-state index in [2.05, 4.69) is 10.00 Å². The first-order valence-electron chi connectivity index (χ1n) is 5.03. The van der Waals surface area contributed by atoms with Crippen molar-refractivity contribution in [3.63, 3.8) is 0 Å². The molecule has 2 rings (SSSR count). The highest BCUT2D eigenvalue weighted by atomic mass is 16.5. The van der Waals surface area contributed by atoms with Crippen molar-refractivity contribution in [1.29, 1.82) is 0 Å². The van der Waals surface area contributed by atoms with Gasteiger partial charge in [-0.3, -0.25) is 9.48 Å². The van der Waals surface area contributed by atoms with Crippen LogP contribution in [-0.4, -0.2) is 35.9 Å². The normalized spacial score (nSPS) is 20.7. The predicted octanol–water partition coefficient (Wildman–Crippen LogP) is 0.419. The molecule has 5 nitrogen and oxygen atoms in total. The maximum absolute atomic E-state index is 11.3. The van der Waals surface area contributed by atoms with E-state index >= 15 is 0 Å². The lowest BCUT2D eigenvalue weighted by atomic mass is 10.1. The van der Waals surface area contributed by atoms with Gasteiger partial charge in [0, 0.05) is 32.4 Å². The third kappa shape index (κ3) is 1.95. The molecular weight excluding hydrogens is 194 g/mol. The Bertz CT molecular complexity index is 361. The maximum Gasteiger partial charge on any atom is 0.310 e. The van der Waals surface area contributed by atoms with Gasteiger partial charge in [0.2, 0.25) is 0 Å². The molecule has 1 aromatic rings. The minimum Gasteiger partial charge on any atom is -0.469 e. The van der Waals surface area contributed by atoms with E-state index in [4.69, 9.17) is 4.74 Å². The summed E-state index contributed by atoms with van der Waals surface area (Å²) < 4.78 is 6.50. The highest BCUT2D eigenvalue weighted by Crippen LogP contribution is 2.22. The number of carbonyl (C=O) groups is 1. The lowest BCUT2D eigenvalue weighted by Gasteiger charge is -2.14. The Morgan fingerprint density at radius 3 is 3.07 bits per heavy atom. The fraction of sp³-hybridized carbons (Fsp3) is 0.600. The van der Waals surface area contributed by atoms with Crippen LogP contribution in [-0.2, 0) is 16.6 Å². The molecule has 0 N–H and O–H groups in total. The molecule has 0 aromatic carbocycles. The highest BCUT2D eigenvalue weighted by Gasteiger charge is 2.29. The molecule has 0 saturated carbocycles. The van der Waals surface area contributed by atoms with Crippen molar-refractivity contribution in [1.82, 2.24) is 9.78 Å². The summed E-state index contributed by atoms with van der Waals surface area (Å²) in [4.78, 5) is 13.4. The number of nitrogens with zero attached hydrogens (tertiary/aromatic N) is 3. The number of aryl methyl sites for hydroxylation is 1. The molecule has 5 heteroatoms. The molecule has 1 atom stereocenters. The van der Waals surface area contributed by atoms with Crippen LogP contribution in [0.2, 0.25) is 0 Å². The number of esters is 1. The number of carbonyl (C=O) groups excluding carboxylic acids is 1. The van der Waals surface area contributed by atoms with Crippen LogP contribution in [0.25, 0.3) is 0 Å². The average Bonchev–Trinajstić information content (AvgIpc) is 2.84. The van der Waals surface area contributed by atoms with Crippen LogP contribution in [0.3, 0.4) is 0 Å². The van der Waals surface area contributed by atoms with Crippen molar-refractivity contribution in [3.8, 4) is 0 Å². The lowest BCUT2D eigenvalue weighted by Crippen LogP contribution is -2.23. The summed E-state index contributed by atoms with van der Waals surface area (Å²) in [5, 5.41) is 4.30. The van der Waals surface area contributed by atoms with Gasteiger partial charge in [0.1, 0.15) is 0 Å². The molecular formula is C10H15N3O2. The zero-order chi connectivity index (χ0) is 10.8. The summed E-state index contributed by atoms with van der Waals surface area (Å²) in [6.07, 6.45) is 2.75. The molecule has 1 aromatic heterocycles. The summed E-state index contributed by atoms with van der Waals surface area (Å²) in [6.45, 7) is 1.58. The molecule has 15 heavy (non-hydrogen) atoms. The van der Waals surface area contributed by atoms with E-state index in [0.29, 0.717) is 6.54 Å². The van der Waals surface area contributed by atoms with Crippen LogP contribution in [0.15, 0.2) is 12.3 Å². The van der Waals surface area contributed by atoms with E-state index in [9.17, 15) is 4.79 Å². The minimum absolute atomic E-state index is 0.00277. The van der Waals surface area contributed by atoms with Crippen LogP contribution in [0.5, 0.6) is 0 Å². The largest absolute Gasteiger partial charge is 0.469 e. The fourth-order valence-corrected chi connectivity index (χ4v) is 1.90. The van der Waals surface area contributed by atoms with Gasteiger partial charge in [-0.25, -0.2) is 0 Å². The van der Waals surface area contributed by atoms with Gasteiger partial charge in [0.05, 0.1) is 13.0 Å². The second-order valence-electron chi connectivity index (χ2n) is 3.80. The van der Waals surface area contributed by atoms with Crippen LogP contribution in [0.1, 0.15) is 6.42 Å². The Kier molecular flexibility index (Phi) is 2.62. The first-order chi connectivity index (χ1) is 7.20. The summed E-state index contributed by atoms with van der Waals surface area (Å²) >= 11 is 0. The topological polar surface area (TPSA) is 47.4 Å². The zero-order valence-corrected chi connectivity index (χ0v) is 9.01. The molecule has 1 saturated heterocycles. The standard InChI is InChI=1S/C10H15N3O2/c1-12-5-4-9(11-12)13-6-3-8(7-13)10(14)15-2/h4-5,8H,3,6-7H2,1-2H3. The Balaban J connectivity index is 2.01. The number of methoxy groups -OCH3 is 1. The molecule has 0 radical (unpaired) electrons. The number of aromatic nitrogens is 2. The Morgan fingerprint density at radius 1 is 1.67 bits per heavy atom. The molecule has 1 unspecified atom stereocenters. The van der Waals surface area contributed by atoms with Crippen molar-refractivity contribution in [2.75, 3.05) is 25.1 Å². The molecule has 0 spiro atoms. The summed E-state index contributed by atoms with van der Waals surface area (Å²) in [5.41, 5.74) is 0. The third-order valence-electron chi connectivity index (χ3n) is 2.75. The van der Waals surface area contributed by atoms with Gasteiger partial charge < -0.3 is 9.64 Å². The molecule has 2 heterocycles. The quantitative estimate of drug-likeness (QED) is 0.662. The fourth-order valence-electron chi connectivity index (χ4n) is 1.90. The first-order valence-corrected chi connectivity index (χ1v) is 5.03. The van der Waals surface area contributed by atoms with Crippen LogP contribution in [0, 0.1) is 5.92 Å². The van der Waals surface area contributed by atoms with E-state index in [-0.39, 0.29) is 11.9 Å². The molecule has 1 aliphatic rings. The van der Waals surface area contributed by atoms with Gasteiger partial charge in [-0.1, -0.05) is 0 Å². The van der Waals surface area contributed by atoms with Crippen LogP contribution in [0.4, 0.5) is 5.82 Å². The summed E-state index contributed by atoms with van der Waals surface area (Å²) in [7, 11) is 3.32. The van der Waals surface area contributed by atoms with Crippen molar-refractivity contribution >= 4 is 11.8 Å². The number of ether oxygens (including phenoxy) is 1. The minimum atomic E-state index is -0.117. The first kappa shape index (κ1) is 10.0. The van der Waals surface area contributed by atoms with Crippen LogP contribution >= 0.6 is 0 Å². The van der Waals surface area contributed by atoms with E-state index in [1.165, 1.54) is 7.11 Å². The van der Waals surface area contributed by atoms with Crippen LogP contribution < -0.4 is 4.90 Å². The van der Waals surface area contributed by atoms with Gasteiger partial charge in [-0.15, -0.1) is 0 Å². The molecule has 82 valence electrons. The zero-order valence-electron chi connectivity index (χ0n) is 9.01. The van der Waals surface area contributed by atoms with Gasteiger partial charge >= 0.3 is 5.97 Å². The Hall–Kier alpha value is -1.52. The highest BCUT2D eigenvalue weighted by molar-refractivity contribution is 5.74. The van der Waals surface area contributed by atoms with E-state index in [1.807, 2.05) is 19.3 Å². The number of anilines is 1. The molecule has 1 aliphatic heterocycles.